The molecule has 0 atom stereocenters. The van der Waals surface area contributed by atoms with E-state index in [2.05, 4.69) is 27.0 Å². The van der Waals surface area contributed by atoms with Gasteiger partial charge in [0.1, 0.15) is 5.75 Å². The van der Waals surface area contributed by atoms with Gasteiger partial charge in [0, 0.05) is 15.7 Å². The lowest BCUT2D eigenvalue weighted by atomic mass is 10.1. The Morgan fingerprint density at radius 2 is 1.88 bits per heavy atom. The van der Waals surface area contributed by atoms with E-state index in [1.807, 2.05) is 38.1 Å². The monoisotopic (exact) mass is 291 g/mol. The Labute approximate surface area is 110 Å². The van der Waals surface area contributed by atoms with E-state index >= 15 is 0 Å². The molecule has 88 valence electrons. The van der Waals surface area contributed by atoms with Crippen molar-refractivity contribution in [1.29, 1.82) is 0 Å². The summed E-state index contributed by atoms with van der Waals surface area (Å²) >= 11 is 3.53. The predicted octanol–water partition coefficient (Wildman–Crippen LogP) is 4.14. The molecule has 1 aromatic heterocycles. The number of hydrogen-bond acceptors (Lipinski definition) is 2. The molecule has 0 spiro atoms. The predicted molar refractivity (Wildman–Crippen MR) is 73.4 cm³/mol. The minimum Gasteiger partial charge on any atom is -0.496 e. The minimum atomic E-state index is 0.900. The Kier molecular flexibility index (Phi) is 3.48. The molecule has 1 heterocycles. The number of aryl methyl sites for hydroxylation is 2. The lowest BCUT2D eigenvalue weighted by molar-refractivity contribution is 0.412. The molecule has 0 aliphatic rings. The molecule has 0 saturated heterocycles. The van der Waals surface area contributed by atoms with Crippen LogP contribution in [0.1, 0.15) is 11.3 Å². The van der Waals surface area contributed by atoms with E-state index in [0.29, 0.717) is 0 Å². The molecule has 0 radical (unpaired) electrons. The van der Waals surface area contributed by atoms with Crippen LogP contribution in [0, 0.1) is 13.8 Å². The van der Waals surface area contributed by atoms with Crippen molar-refractivity contribution in [1.82, 2.24) is 4.98 Å². The summed E-state index contributed by atoms with van der Waals surface area (Å²) in [4.78, 5) is 4.55. The average molecular weight is 292 g/mol. The van der Waals surface area contributed by atoms with Gasteiger partial charge in [-0.3, -0.25) is 4.98 Å². The van der Waals surface area contributed by atoms with Crippen molar-refractivity contribution in [2.24, 2.45) is 0 Å². The molecule has 0 saturated carbocycles. The standard InChI is InChI=1S/C14H14BrNO/c1-9-8-11(5-7-13(9)17-3)14-12(15)6-4-10(2)16-14/h4-8H,1-3H3. The highest BCUT2D eigenvalue weighted by Crippen LogP contribution is 2.29. The van der Waals surface area contributed by atoms with Crippen LogP contribution in [0.15, 0.2) is 34.8 Å². The highest BCUT2D eigenvalue weighted by Gasteiger charge is 2.07. The third-order valence-electron chi connectivity index (χ3n) is 2.65. The Morgan fingerprint density at radius 1 is 1.12 bits per heavy atom. The zero-order valence-corrected chi connectivity index (χ0v) is 11.7. The highest BCUT2D eigenvalue weighted by molar-refractivity contribution is 9.10. The zero-order chi connectivity index (χ0) is 12.4. The van der Waals surface area contributed by atoms with E-state index in [1.54, 1.807) is 7.11 Å². The third-order valence-corrected chi connectivity index (χ3v) is 3.29. The quantitative estimate of drug-likeness (QED) is 0.830. The van der Waals surface area contributed by atoms with E-state index in [0.717, 1.165) is 32.7 Å². The normalized spacial score (nSPS) is 10.4. The van der Waals surface area contributed by atoms with Gasteiger partial charge >= 0.3 is 0 Å². The number of ether oxygens (including phenoxy) is 1. The van der Waals surface area contributed by atoms with Gasteiger partial charge in [-0.1, -0.05) is 0 Å². The molecule has 3 heteroatoms. The number of rotatable bonds is 2. The molecule has 0 bridgehead atoms. The van der Waals surface area contributed by atoms with Gasteiger partial charge < -0.3 is 4.74 Å². The first-order chi connectivity index (χ1) is 8.11. The van der Waals surface area contributed by atoms with Crippen molar-refractivity contribution in [3.8, 4) is 17.0 Å². The number of halogens is 1. The molecule has 2 nitrogen and oxygen atoms in total. The van der Waals surface area contributed by atoms with Crippen LogP contribution in [0.5, 0.6) is 5.75 Å². The van der Waals surface area contributed by atoms with E-state index < -0.39 is 0 Å². The fourth-order valence-corrected chi connectivity index (χ4v) is 2.22. The first-order valence-electron chi connectivity index (χ1n) is 5.40. The van der Waals surface area contributed by atoms with Crippen LogP contribution < -0.4 is 4.74 Å². The molecule has 0 N–H and O–H groups in total. The summed E-state index contributed by atoms with van der Waals surface area (Å²) in [5, 5.41) is 0. The lowest BCUT2D eigenvalue weighted by Crippen LogP contribution is -1.91. The van der Waals surface area contributed by atoms with Crippen LogP contribution in [0.25, 0.3) is 11.3 Å². The summed E-state index contributed by atoms with van der Waals surface area (Å²) in [5.41, 5.74) is 4.19. The molecular weight excluding hydrogens is 278 g/mol. The Morgan fingerprint density at radius 3 is 2.53 bits per heavy atom. The minimum absolute atomic E-state index is 0.900. The summed E-state index contributed by atoms with van der Waals surface area (Å²) in [6, 6.07) is 10.1. The van der Waals surface area contributed by atoms with Crippen molar-refractivity contribution in [3.05, 3.63) is 46.1 Å². The molecule has 2 rings (SSSR count). The van der Waals surface area contributed by atoms with Gasteiger partial charge in [-0.2, -0.15) is 0 Å². The maximum Gasteiger partial charge on any atom is 0.121 e. The van der Waals surface area contributed by atoms with Gasteiger partial charge in [0.05, 0.1) is 12.8 Å². The first-order valence-corrected chi connectivity index (χ1v) is 6.19. The molecule has 1 aromatic carbocycles. The first kappa shape index (κ1) is 12.1. The smallest absolute Gasteiger partial charge is 0.121 e. The molecule has 2 aromatic rings. The Hall–Kier alpha value is -1.35. The van der Waals surface area contributed by atoms with Gasteiger partial charge in [0.2, 0.25) is 0 Å². The molecule has 0 fully saturated rings. The van der Waals surface area contributed by atoms with Crippen LogP contribution >= 0.6 is 15.9 Å². The molecular formula is C14H14BrNO. The van der Waals surface area contributed by atoms with Crippen molar-refractivity contribution in [3.63, 3.8) is 0 Å². The Balaban J connectivity index is 2.53. The molecule has 17 heavy (non-hydrogen) atoms. The number of methoxy groups -OCH3 is 1. The van der Waals surface area contributed by atoms with Crippen molar-refractivity contribution >= 4 is 15.9 Å². The van der Waals surface area contributed by atoms with Crippen molar-refractivity contribution < 1.29 is 4.74 Å². The van der Waals surface area contributed by atoms with Gasteiger partial charge in [-0.05, 0) is 65.7 Å². The second kappa shape index (κ2) is 4.88. The van der Waals surface area contributed by atoms with Gasteiger partial charge in [0.25, 0.3) is 0 Å². The van der Waals surface area contributed by atoms with Crippen LogP contribution in [-0.2, 0) is 0 Å². The average Bonchev–Trinajstić information content (AvgIpc) is 2.32. The van der Waals surface area contributed by atoms with Gasteiger partial charge in [-0.15, -0.1) is 0 Å². The van der Waals surface area contributed by atoms with Gasteiger partial charge in [-0.25, -0.2) is 0 Å². The fourth-order valence-electron chi connectivity index (χ4n) is 1.77. The lowest BCUT2D eigenvalue weighted by Gasteiger charge is -2.09. The second-order valence-electron chi connectivity index (χ2n) is 3.97. The van der Waals surface area contributed by atoms with E-state index in [-0.39, 0.29) is 0 Å². The third kappa shape index (κ3) is 2.50. The maximum atomic E-state index is 5.26. The SMILES string of the molecule is COc1ccc(-c2nc(C)ccc2Br)cc1C. The number of hydrogen-bond donors (Lipinski definition) is 0. The number of benzene rings is 1. The summed E-state index contributed by atoms with van der Waals surface area (Å²) in [5.74, 6) is 0.900. The molecule has 0 amide bonds. The van der Waals surface area contributed by atoms with Crippen molar-refractivity contribution in [2.45, 2.75) is 13.8 Å². The highest BCUT2D eigenvalue weighted by atomic mass is 79.9. The van der Waals surface area contributed by atoms with E-state index in [1.165, 1.54) is 0 Å². The molecule has 0 aliphatic heterocycles. The van der Waals surface area contributed by atoms with Crippen LogP contribution in [0.4, 0.5) is 0 Å². The molecule has 0 unspecified atom stereocenters. The zero-order valence-electron chi connectivity index (χ0n) is 10.1. The second-order valence-corrected chi connectivity index (χ2v) is 4.82. The van der Waals surface area contributed by atoms with Crippen molar-refractivity contribution in [2.75, 3.05) is 7.11 Å². The van der Waals surface area contributed by atoms with Crippen LogP contribution in [0.2, 0.25) is 0 Å². The van der Waals surface area contributed by atoms with Crippen LogP contribution in [-0.4, -0.2) is 12.1 Å². The number of nitrogens with zero attached hydrogens (tertiary/aromatic N) is 1. The summed E-state index contributed by atoms with van der Waals surface area (Å²) in [6.45, 7) is 4.03. The van der Waals surface area contributed by atoms with Gasteiger partial charge in [0.15, 0.2) is 0 Å². The van der Waals surface area contributed by atoms with E-state index in [9.17, 15) is 0 Å². The van der Waals surface area contributed by atoms with Crippen LogP contribution in [0.3, 0.4) is 0 Å². The molecule has 0 aliphatic carbocycles. The Bertz CT molecular complexity index is 552. The number of aromatic nitrogens is 1. The largest absolute Gasteiger partial charge is 0.496 e. The summed E-state index contributed by atoms with van der Waals surface area (Å²) < 4.78 is 6.26. The summed E-state index contributed by atoms with van der Waals surface area (Å²) in [6.07, 6.45) is 0. The summed E-state index contributed by atoms with van der Waals surface area (Å²) in [7, 11) is 1.68. The maximum absolute atomic E-state index is 5.26. The fraction of sp³-hybridized carbons (Fsp3) is 0.214. The number of pyridine rings is 1. The topological polar surface area (TPSA) is 22.1 Å². The van der Waals surface area contributed by atoms with E-state index in [4.69, 9.17) is 4.74 Å².